The van der Waals surface area contributed by atoms with E-state index in [1.165, 1.54) is 4.90 Å². The van der Waals surface area contributed by atoms with Crippen molar-refractivity contribution in [2.24, 2.45) is 17.8 Å². The molecule has 1 saturated heterocycles. The van der Waals surface area contributed by atoms with Gasteiger partial charge in [-0.25, -0.2) is 0 Å². The number of carbonyl (C=O) groups excluding carboxylic acids is 2. The molecule has 1 aliphatic heterocycles. The second-order valence-corrected chi connectivity index (χ2v) is 22.6. The van der Waals surface area contributed by atoms with E-state index in [1.807, 2.05) is 105 Å². The Bertz CT molecular complexity index is 2380. The van der Waals surface area contributed by atoms with Crippen LogP contribution < -0.4 is 20.6 Å². The van der Waals surface area contributed by atoms with E-state index in [-0.39, 0.29) is 29.9 Å². The first-order chi connectivity index (χ1) is 30.3. The number of phenols is 1. The van der Waals surface area contributed by atoms with Gasteiger partial charge < -0.3 is 25.1 Å². The van der Waals surface area contributed by atoms with Crippen molar-refractivity contribution in [3.63, 3.8) is 0 Å². The second kappa shape index (κ2) is 19.4. The van der Waals surface area contributed by atoms with E-state index in [1.54, 1.807) is 12.1 Å². The Balaban J connectivity index is 1.26. The Labute approximate surface area is 374 Å². The van der Waals surface area contributed by atoms with Gasteiger partial charge in [-0.15, -0.1) is 0 Å². The minimum atomic E-state index is -3.07. The third-order valence-corrected chi connectivity index (χ3v) is 18.0. The fraction of sp³-hybridized carbons (Fsp3) is 0.333. The van der Waals surface area contributed by atoms with Crippen molar-refractivity contribution < 1.29 is 29.3 Å². The Morgan fingerprint density at radius 1 is 0.825 bits per heavy atom. The van der Waals surface area contributed by atoms with Crippen molar-refractivity contribution in [2.75, 3.05) is 23.4 Å². The zero-order valence-electron chi connectivity index (χ0n) is 37.5. The molecule has 0 spiro atoms. The van der Waals surface area contributed by atoms with Crippen LogP contribution in [0.3, 0.4) is 0 Å². The Hall–Kier alpha value is -5.58. The van der Waals surface area contributed by atoms with Gasteiger partial charge in [0.05, 0.1) is 36.8 Å². The maximum atomic E-state index is 14.6. The van der Waals surface area contributed by atoms with Gasteiger partial charge in [0.1, 0.15) is 5.75 Å². The van der Waals surface area contributed by atoms with Crippen molar-refractivity contribution in [2.45, 2.75) is 84.8 Å². The number of amides is 2. The number of aliphatic hydroxyl groups excluding tert-OH is 2. The average molecular weight is 863 g/mol. The lowest BCUT2D eigenvalue weighted by atomic mass is 9.68. The first kappa shape index (κ1) is 45.4. The van der Waals surface area contributed by atoms with E-state index in [0.29, 0.717) is 29.9 Å². The lowest BCUT2D eigenvalue weighted by molar-refractivity contribution is -0.123. The van der Waals surface area contributed by atoms with Crippen LogP contribution >= 0.6 is 0 Å². The summed E-state index contributed by atoms with van der Waals surface area (Å²) >= 11 is 0. The number of phenolic OH excluding ortho intramolecular Hbond substituents is 1. The van der Waals surface area contributed by atoms with Gasteiger partial charge in [0, 0.05) is 17.3 Å². The summed E-state index contributed by atoms with van der Waals surface area (Å²) in [5, 5.41) is 39.5. The molecule has 5 aromatic rings. The topological polar surface area (TPSA) is 119 Å². The zero-order chi connectivity index (χ0) is 44.9. The molecule has 63 heavy (non-hydrogen) atoms. The number of fused-ring (bicyclic) bond motifs is 1. The number of aryl methyl sites for hydroxylation is 2. The molecule has 5 aromatic carbocycles. The third kappa shape index (κ3) is 9.39. The highest BCUT2D eigenvalue weighted by molar-refractivity contribution is 6.99. The van der Waals surface area contributed by atoms with Crippen LogP contribution in [0.25, 0.3) is 6.08 Å². The summed E-state index contributed by atoms with van der Waals surface area (Å²) in [7, 11) is -3.07. The highest BCUT2D eigenvalue weighted by atomic mass is 28.4. The molecule has 1 aliphatic carbocycles. The number of carbonyl (C=O) groups is 2. The van der Waals surface area contributed by atoms with E-state index >= 15 is 0 Å². The van der Waals surface area contributed by atoms with Crippen molar-refractivity contribution in [1.82, 2.24) is 0 Å². The number of aliphatic hydroxyl groups is 2. The number of hydrogen-bond acceptors (Lipinski definition) is 7. The van der Waals surface area contributed by atoms with Crippen molar-refractivity contribution in [3.05, 3.63) is 161 Å². The third-order valence-electron chi connectivity index (χ3n) is 13.0. The Morgan fingerprint density at radius 3 is 1.92 bits per heavy atom. The smallest absolute Gasteiger partial charge is 0.261 e. The molecule has 0 radical (unpaired) electrons. The molecule has 9 heteroatoms. The largest absolute Gasteiger partial charge is 0.507 e. The minimum absolute atomic E-state index is 0.129. The number of anilines is 3. The van der Waals surface area contributed by atoms with Crippen LogP contribution in [0.1, 0.15) is 76.5 Å². The van der Waals surface area contributed by atoms with Gasteiger partial charge in [-0.05, 0) is 131 Å². The summed E-state index contributed by atoms with van der Waals surface area (Å²) < 4.78 is 7.48. The van der Waals surface area contributed by atoms with Gasteiger partial charge >= 0.3 is 0 Å². The predicted octanol–water partition coefficient (Wildman–Crippen LogP) is 9.77. The number of hydrogen-bond donors (Lipinski definition) is 4. The van der Waals surface area contributed by atoms with Gasteiger partial charge in [0.25, 0.3) is 8.32 Å². The van der Waals surface area contributed by atoms with E-state index in [4.69, 9.17) is 4.43 Å². The highest BCUT2D eigenvalue weighted by Crippen LogP contribution is 2.48. The summed E-state index contributed by atoms with van der Waals surface area (Å²) in [4.78, 5) is 30.5. The Kier molecular flexibility index (Phi) is 14.0. The lowest BCUT2D eigenvalue weighted by Gasteiger charge is -2.44. The van der Waals surface area contributed by atoms with E-state index in [0.717, 1.165) is 62.4 Å². The van der Waals surface area contributed by atoms with E-state index in [9.17, 15) is 24.9 Å². The molecule has 7 rings (SSSR count). The summed E-state index contributed by atoms with van der Waals surface area (Å²) in [6, 6.07) is 41.7. The monoisotopic (exact) mass is 862 g/mol. The number of nitrogens with zero attached hydrogens (tertiary/aromatic N) is 1. The molecular formula is C54H62N2O6Si. The SMILES string of the molecule is CCC/C(=C\c1cc(C)c(O)c(C)c1)CC[C@@H](O)C1=C(CO[Si](c2ccccc2)(c2ccccc2)C(C)(C)C)C[C@H]2C(=O)N(c3ccc(Nc4ccccc4)cc3)C(=O)[C@H]2[C@H]1CO. The van der Waals surface area contributed by atoms with Gasteiger partial charge in [-0.3, -0.25) is 14.5 Å². The number of rotatable bonds is 16. The van der Waals surface area contributed by atoms with Gasteiger partial charge in [-0.2, -0.15) is 0 Å². The molecule has 0 saturated carbocycles. The molecule has 2 amide bonds. The molecule has 8 nitrogen and oxygen atoms in total. The summed E-state index contributed by atoms with van der Waals surface area (Å²) in [6.45, 7) is 12.3. The molecule has 4 N–H and O–H groups in total. The number of benzene rings is 5. The van der Waals surface area contributed by atoms with Gasteiger partial charge in [0.15, 0.2) is 0 Å². The Morgan fingerprint density at radius 2 is 1.38 bits per heavy atom. The average Bonchev–Trinajstić information content (AvgIpc) is 3.53. The second-order valence-electron chi connectivity index (χ2n) is 18.3. The maximum Gasteiger partial charge on any atom is 0.261 e. The van der Waals surface area contributed by atoms with Crippen LogP contribution in [0.5, 0.6) is 5.75 Å². The van der Waals surface area contributed by atoms with Crippen LogP contribution in [0.2, 0.25) is 5.04 Å². The quantitative estimate of drug-likeness (QED) is 0.0443. The van der Waals surface area contributed by atoms with E-state index < -0.39 is 38.8 Å². The molecule has 0 aromatic heterocycles. The van der Waals surface area contributed by atoms with Crippen LogP contribution in [-0.4, -0.2) is 54.8 Å². The molecule has 4 atom stereocenters. The standard InChI is InChI=1S/C54H62N2O6Si/c1-7-17-38(32-39-30-36(2)51(59)37(3)31-39)24-29-48(58)49-40(35-62-63(54(4,5)6,44-20-13-9-14-21-44)45-22-15-10-16-23-45)33-46-50(47(49)34-57)53(61)56(52(46)60)43-27-25-42(26-28-43)55-41-18-11-8-12-19-41/h8-16,18-23,25-28,30-32,46-48,50,55,57-59H,7,17,24,29,33-35H2,1-6H3/b38-32+/t46-,47+,48-,50-/m1/s1. The number of allylic oxidation sites excluding steroid dienone is 1. The molecule has 328 valence electrons. The summed E-state index contributed by atoms with van der Waals surface area (Å²) in [5.41, 5.74) is 7.34. The number of aromatic hydroxyl groups is 1. The first-order valence-corrected chi connectivity index (χ1v) is 24.2. The molecule has 1 heterocycles. The van der Waals surface area contributed by atoms with Crippen LogP contribution in [0.15, 0.2) is 144 Å². The number of nitrogens with one attached hydrogen (secondary N) is 1. The normalized spacial score (nSPS) is 18.8. The van der Waals surface area contributed by atoms with Crippen LogP contribution in [-0.2, 0) is 14.0 Å². The maximum absolute atomic E-state index is 14.6. The highest BCUT2D eigenvalue weighted by Gasteiger charge is 2.56. The lowest BCUT2D eigenvalue weighted by Crippen LogP contribution is -2.66. The molecule has 2 aliphatic rings. The molecule has 0 bridgehead atoms. The van der Waals surface area contributed by atoms with Gasteiger partial charge in [-0.1, -0.05) is 125 Å². The first-order valence-electron chi connectivity index (χ1n) is 22.3. The van der Waals surface area contributed by atoms with Crippen LogP contribution in [0, 0.1) is 31.6 Å². The van der Waals surface area contributed by atoms with Crippen molar-refractivity contribution >= 4 is 53.6 Å². The summed E-state index contributed by atoms with van der Waals surface area (Å²) in [6.07, 6.45) is 4.04. The fourth-order valence-corrected chi connectivity index (χ4v) is 14.6. The molecule has 0 unspecified atom stereocenters. The predicted molar refractivity (Wildman–Crippen MR) is 257 cm³/mol. The minimum Gasteiger partial charge on any atom is -0.507 e. The summed E-state index contributed by atoms with van der Waals surface area (Å²) in [5.74, 6) is -2.76. The zero-order valence-corrected chi connectivity index (χ0v) is 38.5. The van der Waals surface area contributed by atoms with Crippen molar-refractivity contribution in [1.29, 1.82) is 0 Å². The number of imide groups is 1. The molecule has 1 fully saturated rings. The van der Waals surface area contributed by atoms with Crippen LogP contribution in [0.4, 0.5) is 17.1 Å². The fourth-order valence-electron chi connectivity index (χ4n) is 10.1. The number of para-hydroxylation sites is 1. The van der Waals surface area contributed by atoms with Gasteiger partial charge in [0.2, 0.25) is 11.8 Å². The molecular weight excluding hydrogens is 801 g/mol. The van der Waals surface area contributed by atoms with Crippen molar-refractivity contribution in [3.8, 4) is 5.75 Å². The van der Waals surface area contributed by atoms with E-state index in [2.05, 4.69) is 63.4 Å².